The summed E-state index contributed by atoms with van der Waals surface area (Å²) in [5.41, 5.74) is 0. The fraction of sp³-hybridized carbons (Fsp3) is 0.889. The SMILES string of the molecule is O=C(O)C1CCC(S(=O)(=O)CCF)CC1. The highest BCUT2D eigenvalue weighted by Crippen LogP contribution is 2.28. The van der Waals surface area contributed by atoms with Gasteiger partial charge in [0.2, 0.25) is 0 Å². The quantitative estimate of drug-likeness (QED) is 0.793. The molecule has 0 saturated heterocycles. The number of carboxylic acids is 1. The van der Waals surface area contributed by atoms with Crippen molar-refractivity contribution in [3.63, 3.8) is 0 Å². The Balaban J connectivity index is 2.54. The summed E-state index contributed by atoms with van der Waals surface area (Å²) in [6, 6.07) is 0. The van der Waals surface area contributed by atoms with Gasteiger partial charge < -0.3 is 5.11 Å². The first kappa shape index (κ1) is 12.4. The van der Waals surface area contributed by atoms with Gasteiger partial charge in [-0.1, -0.05) is 0 Å². The predicted molar refractivity (Wildman–Crippen MR) is 53.1 cm³/mol. The molecule has 0 aromatic rings. The van der Waals surface area contributed by atoms with E-state index in [1.807, 2.05) is 0 Å². The molecule has 0 aromatic carbocycles. The monoisotopic (exact) mass is 238 g/mol. The number of aliphatic carboxylic acids is 1. The van der Waals surface area contributed by atoms with Crippen LogP contribution in [0.25, 0.3) is 0 Å². The molecule has 0 amide bonds. The maximum atomic E-state index is 12.0. The molecule has 1 aliphatic carbocycles. The molecule has 1 N–H and O–H groups in total. The van der Waals surface area contributed by atoms with Gasteiger partial charge in [-0.25, -0.2) is 12.8 Å². The molecule has 15 heavy (non-hydrogen) atoms. The van der Waals surface area contributed by atoms with Gasteiger partial charge in [-0.15, -0.1) is 0 Å². The first-order chi connectivity index (χ1) is 6.97. The van der Waals surface area contributed by atoms with E-state index in [1.165, 1.54) is 0 Å². The summed E-state index contributed by atoms with van der Waals surface area (Å²) >= 11 is 0. The van der Waals surface area contributed by atoms with Crippen molar-refractivity contribution in [3.05, 3.63) is 0 Å². The maximum absolute atomic E-state index is 12.0. The zero-order valence-corrected chi connectivity index (χ0v) is 9.17. The van der Waals surface area contributed by atoms with Crippen molar-refractivity contribution in [3.8, 4) is 0 Å². The van der Waals surface area contributed by atoms with Crippen molar-refractivity contribution in [1.82, 2.24) is 0 Å². The fourth-order valence-electron chi connectivity index (χ4n) is 1.94. The van der Waals surface area contributed by atoms with E-state index in [4.69, 9.17) is 5.11 Å². The summed E-state index contributed by atoms with van der Waals surface area (Å²) in [5, 5.41) is 8.18. The Morgan fingerprint density at radius 3 is 2.20 bits per heavy atom. The summed E-state index contributed by atoms with van der Waals surface area (Å²) in [7, 11) is -3.35. The summed E-state index contributed by atoms with van der Waals surface area (Å²) < 4.78 is 34.9. The number of hydrogen-bond acceptors (Lipinski definition) is 3. The molecular formula is C9H15FO4S. The van der Waals surface area contributed by atoms with Gasteiger partial charge in [0, 0.05) is 0 Å². The molecule has 0 aliphatic heterocycles. The van der Waals surface area contributed by atoms with Crippen LogP contribution in [0.4, 0.5) is 4.39 Å². The molecule has 1 aliphatic rings. The van der Waals surface area contributed by atoms with Crippen LogP contribution >= 0.6 is 0 Å². The van der Waals surface area contributed by atoms with Crippen molar-refractivity contribution in [2.75, 3.05) is 12.4 Å². The normalized spacial score (nSPS) is 27.5. The molecule has 88 valence electrons. The van der Waals surface area contributed by atoms with E-state index in [0.717, 1.165) is 0 Å². The van der Waals surface area contributed by atoms with Crippen LogP contribution in [-0.2, 0) is 14.6 Å². The smallest absolute Gasteiger partial charge is 0.306 e. The molecule has 0 heterocycles. The average Bonchev–Trinajstić information content (AvgIpc) is 2.18. The Kier molecular flexibility index (Phi) is 4.07. The van der Waals surface area contributed by atoms with Crippen LogP contribution in [0.2, 0.25) is 0 Å². The van der Waals surface area contributed by atoms with E-state index in [2.05, 4.69) is 0 Å². The summed E-state index contributed by atoms with van der Waals surface area (Å²) in [6.07, 6.45) is 1.45. The standard InChI is InChI=1S/C9H15FO4S/c10-5-6-15(13,14)8-3-1-7(2-4-8)9(11)12/h7-8H,1-6H2,(H,11,12). The Morgan fingerprint density at radius 2 is 1.80 bits per heavy atom. The number of hydrogen-bond donors (Lipinski definition) is 1. The molecule has 1 rings (SSSR count). The lowest BCUT2D eigenvalue weighted by molar-refractivity contribution is -0.142. The molecule has 4 nitrogen and oxygen atoms in total. The number of alkyl halides is 1. The molecule has 0 bridgehead atoms. The van der Waals surface area contributed by atoms with Crippen molar-refractivity contribution in [2.24, 2.45) is 5.92 Å². The number of carboxylic acid groups (broad SMARTS) is 1. The van der Waals surface area contributed by atoms with Crippen LogP contribution in [0.5, 0.6) is 0 Å². The van der Waals surface area contributed by atoms with E-state index < -0.39 is 39.4 Å². The number of sulfone groups is 1. The minimum atomic E-state index is -3.35. The van der Waals surface area contributed by atoms with Crippen LogP contribution < -0.4 is 0 Å². The number of carbonyl (C=O) groups is 1. The largest absolute Gasteiger partial charge is 0.481 e. The van der Waals surface area contributed by atoms with E-state index >= 15 is 0 Å². The molecular weight excluding hydrogens is 223 g/mol. The van der Waals surface area contributed by atoms with Gasteiger partial charge in [0.25, 0.3) is 0 Å². The van der Waals surface area contributed by atoms with Crippen molar-refractivity contribution in [2.45, 2.75) is 30.9 Å². The molecule has 0 unspecified atom stereocenters. The minimum Gasteiger partial charge on any atom is -0.481 e. The van der Waals surface area contributed by atoms with Crippen LogP contribution in [0, 0.1) is 5.92 Å². The second-order valence-electron chi connectivity index (χ2n) is 3.87. The second kappa shape index (κ2) is 4.92. The van der Waals surface area contributed by atoms with Crippen LogP contribution in [0.3, 0.4) is 0 Å². The Labute approximate surface area is 88.4 Å². The zero-order chi connectivity index (χ0) is 11.5. The highest BCUT2D eigenvalue weighted by molar-refractivity contribution is 7.92. The van der Waals surface area contributed by atoms with Crippen LogP contribution in [0.15, 0.2) is 0 Å². The van der Waals surface area contributed by atoms with Gasteiger partial charge in [0.1, 0.15) is 6.67 Å². The second-order valence-corrected chi connectivity index (χ2v) is 6.27. The summed E-state index contributed by atoms with van der Waals surface area (Å²) in [6.45, 7) is -0.860. The topological polar surface area (TPSA) is 71.4 Å². The lowest BCUT2D eigenvalue weighted by Gasteiger charge is -2.25. The van der Waals surface area contributed by atoms with E-state index in [1.54, 1.807) is 0 Å². The Morgan fingerprint density at radius 1 is 1.27 bits per heavy atom. The third-order valence-corrected chi connectivity index (χ3v) is 5.10. The maximum Gasteiger partial charge on any atom is 0.306 e. The lowest BCUT2D eigenvalue weighted by Crippen LogP contribution is -2.31. The highest BCUT2D eigenvalue weighted by Gasteiger charge is 2.32. The molecule has 0 spiro atoms. The highest BCUT2D eigenvalue weighted by atomic mass is 32.2. The third-order valence-electron chi connectivity index (χ3n) is 2.89. The van der Waals surface area contributed by atoms with Crippen LogP contribution in [-0.4, -0.2) is 37.2 Å². The molecule has 0 atom stereocenters. The zero-order valence-electron chi connectivity index (χ0n) is 8.36. The first-order valence-electron chi connectivity index (χ1n) is 4.97. The summed E-state index contributed by atoms with van der Waals surface area (Å²) in [4.78, 5) is 10.6. The van der Waals surface area contributed by atoms with E-state index in [9.17, 15) is 17.6 Å². The lowest BCUT2D eigenvalue weighted by atomic mass is 9.89. The van der Waals surface area contributed by atoms with E-state index in [-0.39, 0.29) is 0 Å². The first-order valence-corrected chi connectivity index (χ1v) is 6.69. The van der Waals surface area contributed by atoms with E-state index in [0.29, 0.717) is 25.7 Å². The van der Waals surface area contributed by atoms with Crippen LogP contribution in [0.1, 0.15) is 25.7 Å². The molecule has 1 saturated carbocycles. The van der Waals surface area contributed by atoms with Gasteiger partial charge in [0.15, 0.2) is 9.84 Å². The fourth-order valence-corrected chi connectivity index (χ4v) is 3.48. The van der Waals surface area contributed by atoms with Gasteiger partial charge in [-0.3, -0.25) is 4.79 Å². The van der Waals surface area contributed by atoms with Gasteiger partial charge >= 0.3 is 5.97 Å². The van der Waals surface area contributed by atoms with Crippen molar-refractivity contribution >= 4 is 15.8 Å². The minimum absolute atomic E-state index is 0.347. The predicted octanol–water partition coefficient (Wildman–Crippen LogP) is 1.01. The Hall–Kier alpha value is -0.650. The van der Waals surface area contributed by atoms with Crippen molar-refractivity contribution in [1.29, 1.82) is 0 Å². The number of rotatable bonds is 4. The average molecular weight is 238 g/mol. The number of halogens is 1. The van der Waals surface area contributed by atoms with Crippen molar-refractivity contribution < 1.29 is 22.7 Å². The Bertz CT molecular complexity index is 317. The summed E-state index contributed by atoms with van der Waals surface area (Å²) in [5.74, 6) is -1.73. The molecule has 1 fully saturated rings. The molecule has 6 heteroatoms. The van der Waals surface area contributed by atoms with Gasteiger partial charge in [-0.2, -0.15) is 0 Å². The van der Waals surface area contributed by atoms with Gasteiger partial charge in [-0.05, 0) is 25.7 Å². The third kappa shape index (κ3) is 3.15. The van der Waals surface area contributed by atoms with Gasteiger partial charge in [0.05, 0.1) is 16.9 Å². The molecule has 0 radical (unpaired) electrons. The molecule has 0 aromatic heterocycles.